The summed E-state index contributed by atoms with van der Waals surface area (Å²) >= 11 is 5.45. The fourth-order valence-electron chi connectivity index (χ4n) is 1.54. The van der Waals surface area contributed by atoms with E-state index in [4.69, 9.17) is 16.7 Å². The van der Waals surface area contributed by atoms with Gasteiger partial charge < -0.3 is 15.7 Å². The second kappa shape index (κ2) is 7.46. The van der Waals surface area contributed by atoms with Crippen LogP contribution in [0.3, 0.4) is 0 Å². The molecule has 3 N–H and O–H groups in total. The van der Waals surface area contributed by atoms with Crippen LogP contribution >= 0.6 is 11.6 Å². The van der Waals surface area contributed by atoms with E-state index in [2.05, 4.69) is 5.32 Å². The van der Waals surface area contributed by atoms with E-state index >= 15 is 0 Å². The predicted octanol–water partition coefficient (Wildman–Crippen LogP) is 2.18. The highest BCUT2D eigenvalue weighted by atomic mass is 35.5. The molecule has 0 aliphatic carbocycles. The van der Waals surface area contributed by atoms with Crippen LogP contribution in [-0.2, 0) is 15.8 Å². The Kier molecular flexibility index (Phi) is 6.19. The third kappa shape index (κ3) is 4.88. The van der Waals surface area contributed by atoms with Crippen LogP contribution in [-0.4, -0.2) is 29.6 Å². The van der Waals surface area contributed by atoms with Crippen LogP contribution in [0.1, 0.15) is 18.9 Å². The minimum atomic E-state index is -4.68. The smallest absolute Gasteiger partial charge is 0.394 e. The molecule has 0 fully saturated rings. The molecule has 2 amide bonds. The van der Waals surface area contributed by atoms with Crippen LogP contribution in [0.5, 0.6) is 0 Å². The lowest BCUT2D eigenvalue weighted by molar-refractivity contribution is -0.137. The second-order valence-electron chi connectivity index (χ2n) is 4.41. The molecule has 0 radical (unpaired) electrons. The lowest BCUT2D eigenvalue weighted by Gasteiger charge is -2.14. The molecule has 0 aliphatic heterocycles. The number of carbonyl (C=O) groups is 2. The van der Waals surface area contributed by atoms with E-state index in [1.165, 1.54) is 0 Å². The minimum Gasteiger partial charge on any atom is -0.394 e. The first-order chi connectivity index (χ1) is 10.2. The molecule has 9 heteroatoms. The molecule has 22 heavy (non-hydrogen) atoms. The van der Waals surface area contributed by atoms with Gasteiger partial charge in [-0.05, 0) is 24.6 Å². The highest BCUT2D eigenvalue weighted by Crippen LogP contribution is 2.36. The van der Waals surface area contributed by atoms with Gasteiger partial charge >= 0.3 is 18.0 Å². The van der Waals surface area contributed by atoms with Crippen molar-refractivity contribution in [3.05, 3.63) is 28.8 Å². The highest BCUT2D eigenvalue weighted by Gasteiger charge is 2.33. The number of anilines is 1. The number of aliphatic hydroxyl groups is 1. The van der Waals surface area contributed by atoms with Gasteiger partial charge in [-0.15, -0.1) is 0 Å². The Morgan fingerprint density at radius 1 is 1.32 bits per heavy atom. The third-order valence-corrected chi connectivity index (χ3v) is 3.11. The summed E-state index contributed by atoms with van der Waals surface area (Å²) < 4.78 is 38.1. The summed E-state index contributed by atoms with van der Waals surface area (Å²) in [7, 11) is 0. The fraction of sp³-hybridized carbons (Fsp3) is 0.385. The van der Waals surface area contributed by atoms with E-state index < -0.39 is 34.6 Å². The van der Waals surface area contributed by atoms with Crippen molar-refractivity contribution < 1.29 is 27.9 Å². The molecular formula is C13H14ClF3N2O3. The van der Waals surface area contributed by atoms with E-state index in [1.807, 2.05) is 5.32 Å². The Labute approximate surface area is 129 Å². The second-order valence-corrected chi connectivity index (χ2v) is 4.81. The molecule has 1 aromatic carbocycles. The number of carbonyl (C=O) groups excluding carboxylic acids is 2. The predicted molar refractivity (Wildman–Crippen MR) is 74.4 cm³/mol. The monoisotopic (exact) mass is 338 g/mol. The zero-order valence-corrected chi connectivity index (χ0v) is 12.3. The van der Waals surface area contributed by atoms with Gasteiger partial charge in [0.1, 0.15) is 0 Å². The molecule has 1 rings (SSSR count). The molecule has 0 unspecified atom stereocenters. The molecule has 0 spiro atoms. The summed E-state index contributed by atoms with van der Waals surface area (Å²) in [5.74, 6) is -2.19. The molecule has 1 atom stereocenters. The Morgan fingerprint density at radius 2 is 1.95 bits per heavy atom. The van der Waals surface area contributed by atoms with Crippen molar-refractivity contribution >= 4 is 29.1 Å². The highest BCUT2D eigenvalue weighted by molar-refractivity contribution is 6.39. The number of halogens is 4. The van der Waals surface area contributed by atoms with Crippen molar-refractivity contribution in [3.8, 4) is 0 Å². The van der Waals surface area contributed by atoms with Crippen LogP contribution in [0.2, 0.25) is 5.02 Å². The number of hydrogen-bond donors (Lipinski definition) is 3. The minimum absolute atomic E-state index is 0.214. The zero-order valence-electron chi connectivity index (χ0n) is 11.5. The van der Waals surface area contributed by atoms with Gasteiger partial charge in [0.05, 0.1) is 23.2 Å². The average Bonchev–Trinajstić information content (AvgIpc) is 2.45. The van der Waals surface area contributed by atoms with Crippen LogP contribution in [0.4, 0.5) is 18.9 Å². The molecule has 0 aromatic heterocycles. The molecule has 5 nitrogen and oxygen atoms in total. The number of nitrogens with one attached hydrogen (secondary N) is 2. The van der Waals surface area contributed by atoms with E-state index in [0.29, 0.717) is 12.5 Å². The maximum absolute atomic E-state index is 12.7. The quantitative estimate of drug-likeness (QED) is 0.736. The maximum atomic E-state index is 12.7. The van der Waals surface area contributed by atoms with Crippen molar-refractivity contribution in [2.24, 2.45) is 0 Å². The Bertz CT molecular complexity index is 560. The molecule has 0 bridgehead atoms. The topological polar surface area (TPSA) is 78.4 Å². The summed E-state index contributed by atoms with van der Waals surface area (Å²) in [4.78, 5) is 23.1. The third-order valence-electron chi connectivity index (χ3n) is 2.78. The standard InChI is InChI=1S/C13H14ClF3N2O3/c1-2-7(6-20)18-11(21)12(22)19-8-3-4-10(14)9(5-8)13(15,16)17/h3-5,7,20H,2,6H2,1H3,(H,18,21)(H,19,22)/t7-/m1/s1. The van der Waals surface area contributed by atoms with Gasteiger partial charge in [0.15, 0.2) is 0 Å². The Balaban J connectivity index is 2.83. The maximum Gasteiger partial charge on any atom is 0.417 e. The van der Waals surface area contributed by atoms with Gasteiger partial charge in [-0.1, -0.05) is 18.5 Å². The van der Waals surface area contributed by atoms with E-state index in [0.717, 1.165) is 12.1 Å². The van der Waals surface area contributed by atoms with Gasteiger partial charge in [0, 0.05) is 5.69 Å². The first-order valence-corrected chi connectivity index (χ1v) is 6.66. The van der Waals surface area contributed by atoms with Gasteiger partial charge in [-0.3, -0.25) is 9.59 Å². The summed E-state index contributed by atoms with van der Waals surface area (Å²) in [6, 6.07) is 2.15. The normalized spacial score (nSPS) is 12.6. The van der Waals surface area contributed by atoms with Crippen LogP contribution < -0.4 is 10.6 Å². The summed E-state index contributed by atoms with van der Waals surface area (Å²) in [6.45, 7) is 1.34. The number of alkyl halides is 3. The molecular weight excluding hydrogens is 325 g/mol. The summed E-state index contributed by atoms with van der Waals surface area (Å²) in [5, 5.41) is 12.7. The first-order valence-electron chi connectivity index (χ1n) is 6.28. The van der Waals surface area contributed by atoms with E-state index in [9.17, 15) is 22.8 Å². The van der Waals surface area contributed by atoms with Crippen molar-refractivity contribution in [2.75, 3.05) is 11.9 Å². The van der Waals surface area contributed by atoms with Gasteiger partial charge in [-0.2, -0.15) is 13.2 Å². The van der Waals surface area contributed by atoms with Crippen molar-refractivity contribution in [1.82, 2.24) is 5.32 Å². The molecule has 0 heterocycles. The van der Waals surface area contributed by atoms with Crippen molar-refractivity contribution in [3.63, 3.8) is 0 Å². The van der Waals surface area contributed by atoms with Crippen LogP contribution in [0, 0.1) is 0 Å². The number of benzene rings is 1. The molecule has 0 aliphatic rings. The Hall–Kier alpha value is -1.80. The lowest BCUT2D eigenvalue weighted by atomic mass is 10.2. The SMILES string of the molecule is CC[C@H](CO)NC(=O)C(=O)Nc1ccc(Cl)c(C(F)(F)F)c1. The van der Waals surface area contributed by atoms with Crippen LogP contribution in [0.15, 0.2) is 18.2 Å². The lowest BCUT2D eigenvalue weighted by Crippen LogP contribution is -2.43. The number of aliphatic hydroxyl groups excluding tert-OH is 1. The van der Waals surface area contributed by atoms with Gasteiger partial charge in [-0.25, -0.2) is 0 Å². The van der Waals surface area contributed by atoms with E-state index in [1.54, 1.807) is 6.92 Å². The number of amides is 2. The fourth-order valence-corrected chi connectivity index (χ4v) is 1.76. The Morgan fingerprint density at radius 3 is 2.45 bits per heavy atom. The van der Waals surface area contributed by atoms with E-state index in [-0.39, 0.29) is 12.3 Å². The van der Waals surface area contributed by atoms with Crippen molar-refractivity contribution in [1.29, 1.82) is 0 Å². The molecule has 0 saturated carbocycles. The number of hydrogen-bond acceptors (Lipinski definition) is 3. The van der Waals surface area contributed by atoms with Crippen LogP contribution in [0.25, 0.3) is 0 Å². The van der Waals surface area contributed by atoms with Crippen molar-refractivity contribution in [2.45, 2.75) is 25.6 Å². The summed E-state index contributed by atoms with van der Waals surface area (Å²) in [5.41, 5.74) is -1.33. The molecule has 1 aromatic rings. The average molecular weight is 339 g/mol. The zero-order chi connectivity index (χ0) is 16.9. The van der Waals surface area contributed by atoms with Gasteiger partial charge in [0.2, 0.25) is 0 Å². The number of rotatable bonds is 4. The summed E-state index contributed by atoms with van der Waals surface area (Å²) in [6.07, 6.45) is -4.28. The largest absolute Gasteiger partial charge is 0.417 e. The molecule has 0 saturated heterocycles. The van der Waals surface area contributed by atoms with Gasteiger partial charge in [0.25, 0.3) is 0 Å². The first kappa shape index (κ1) is 18.2. The molecule has 122 valence electrons.